The number of aryl methyl sites for hydroxylation is 1. The zero-order chi connectivity index (χ0) is 28.1. The molecule has 0 aliphatic heterocycles. The van der Waals surface area contributed by atoms with E-state index in [0.717, 1.165) is 5.56 Å². The highest BCUT2D eigenvalue weighted by Gasteiger charge is 2.43. The fourth-order valence-corrected chi connectivity index (χ4v) is 3.97. The average Bonchev–Trinajstić information content (AvgIpc) is 2.74. The fourth-order valence-electron chi connectivity index (χ4n) is 3.97. The number of aromatic hydroxyl groups is 1. The summed E-state index contributed by atoms with van der Waals surface area (Å²) in [7, 11) is 0. The number of amides is 3. The Hall–Kier alpha value is -3.55. The Labute approximate surface area is 220 Å². The van der Waals surface area contributed by atoms with E-state index in [2.05, 4.69) is 10.6 Å². The highest BCUT2D eigenvalue weighted by atomic mass is 16.6. The van der Waals surface area contributed by atoms with Crippen LogP contribution in [0.1, 0.15) is 72.6 Å². The van der Waals surface area contributed by atoms with Gasteiger partial charge in [-0.05, 0) is 83.7 Å². The molecule has 0 aliphatic carbocycles. The first-order chi connectivity index (χ1) is 17.0. The Kier molecular flexibility index (Phi) is 9.36. The minimum Gasteiger partial charge on any atom is -0.508 e. The van der Waals surface area contributed by atoms with Gasteiger partial charge in [0.15, 0.2) is 0 Å². The zero-order valence-electron chi connectivity index (χ0n) is 23.4. The van der Waals surface area contributed by atoms with Gasteiger partial charge in [-0.2, -0.15) is 0 Å². The number of hydrogen-bond donors (Lipinski definition) is 3. The maximum Gasteiger partial charge on any atom is 0.408 e. The van der Waals surface area contributed by atoms with E-state index in [4.69, 9.17) is 4.74 Å². The number of benzene rings is 2. The van der Waals surface area contributed by atoms with E-state index >= 15 is 0 Å². The van der Waals surface area contributed by atoms with Crippen molar-refractivity contribution in [2.45, 2.75) is 85.5 Å². The summed E-state index contributed by atoms with van der Waals surface area (Å²) in [5.74, 6) is -1.21. The third kappa shape index (κ3) is 8.23. The number of hydrogen-bond acceptors (Lipinski definition) is 5. The number of carbonyl (C=O) groups is 3. The van der Waals surface area contributed by atoms with Crippen LogP contribution in [-0.4, -0.2) is 45.1 Å². The van der Waals surface area contributed by atoms with Crippen LogP contribution in [0.4, 0.5) is 10.5 Å². The summed E-state index contributed by atoms with van der Waals surface area (Å²) >= 11 is 0. The van der Waals surface area contributed by atoms with Crippen molar-refractivity contribution in [2.75, 3.05) is 5.32 Å². The van der Waals surface area contributed by atoms with Gasteiger partial charge < -0.3 is 25.4 Å². The summed E-state index contributed by atoms with van der Waals surface area (Å²) in [5, 5.41) is 15.9. The molecule has 0 aliphatic rings. The van der Waals surface area contributed by atoms with E-state index in [9.17, 15) is 19.5 Å². The van der Waals surface area contributed by atoms with E-state index in [1.54, 1.807) is 39.0 Å². The van der Waals surface area contributed by atoms with Gasteiger partial charge in [0, 0.05) is 11.2 Å². The van der Waals surface area contributed by atoms with Gasteiger partial charge in [-0.3, -0.25) is 9.59 Å². The van der Waals surface area contributed by atoms with Crippen LogP contribution < -0.4 is 10.6 Å². The van der Waals surface area contributed by atoms with Crippen LogP contribution in [-0.2, 0) is 14.3 Å². The monoisotopic (exact) mass is 511 g/mol. The average molecular weight is 512 g/mol. The number of rotatable bonds is 7. The molecule has 2 rings (SSSR count). The van der Waals surface area contributed by atoms with Gasteiger partial charge >= 0.3 is 6.09 Å². The molecule has 0 saturated carbocycles. The van der Waals surface area contributed by atoms with Crippen molar-refractivity contribution in [1.82, 2.24) is 10.2 Å². The summed E-state index contributed by atoms with van der Waals surface area (Å²) < 4.78 is 5.40. The quantitative estimate of drug-likeness (QED) is 0.451. The zero-order valence-corrected chi connectivity index (χ0v) is 23.4. The van der Waals surface area contributed by atoms with Crippen LogP contribution in [0.15, 0.2) is 48.5 Å². The molecule has 37 heavy (non-hydrogen) atoms. The SMILES string of the molecule is Cc1ccccc1NC(=O)C(c1cccc(O)c1)N(C(=O)C(NC(=O)OC(C)(C)C)C(C)C)C(C)(C)C. The van der Waals surface area contributed by atoms with Crippen LogP contribution in [0.3, 0.4) is 0 Å². The summed E-state index contributed by atoms with van der Waals surface area (Å²) in [6.07, 6.45) is -0.716. The number of nitrogens with zero attached hydrogens (tertiary/aromatic N) is 1. The van der Waals surface area contributed by atoms with Crippen LogP contribution >= 0.6 is 0 Å². The summed E-state index contributed by atoms with van der Waals surface area (Å²) in [4.78, 5) is 42.1. The Morgan fingerprint density at radius 3 is 2.08 bits per heavy atom. The molecule has 0 bridgehead atoms. The van der Waals surface area contributed by atoms with Crippen molar-refractivity contribution in [3.63, 3.8) is 0 Å². The van der Waals surface area contributed by atoms with Gasteiger partial charge in [0.1, 0.15) is 23.4 Å². The fraction of sp³-hybridized carbons (Fsp3) is 0.483. The Morgan fingerprint density at radius 1 is 0.946 bits per heavy atom. The lowest BCUT2D eigenvalue weighted by Gasteiger charge is -2.43. The van der Waals surface area contributed by atoms with Crippen LogP contribution in [0, 0.1) is 12.8 Å². The van der Waals surface area contributed by atoms with E-state index in [1.807, 2.05) is 59.7 Å². The molecule has 0 aromatic heterocycles. The number of phenolic OH excluding ortho intramolecular Hbond substituents is 1. The molecule has 0 saturated heterocycles. The number of para-hydroxylation sites is 1. The Morgan fingerprint density at radius 2 is 1.57 bits per heavy atom. The van der Waals surface area contributed by atoms with Crippen molar-refractivity contribution in [3.05, 3.63) is 59.7 Å². The van der Waals surface area contributed by atoms with Gasteiger partial charge in [0.25, 0.3) is 5.91 Å². The van der Waals surface area contributed by atoms with Crippen molar-refractivity contribution in [2.24, 2.45) is 5.92 Å². The lowest BCUT2D eigenvalue weighted by atomic mass is 9.93. The Balaban J connectivity index is 2.59. The minimum atomic E-state index is -1.10. The van der Waals surface area contributed by atoms with Gasteiger partial charge in [0.2, 0.25) is 5.91 Å². The van der Waals surface area contributed by atoms with Crippen molar-refractivity contribution < 1.29 is 24.2 Å². The predicted octanol–water partition coefficient (Wildman–Crippen LogP) is 5.56. The first kappa shape index (κ1) is 29.7. The third-order valence-electron chi connectivity index (χ3n) is 5.66. The van der Waals surface area contributed by atoms with Gasteiger partial charge in [-0.25, -0.2) is 4.79 Å². The molecule has 0 fully saturated rings. The molecule has 0 spiro atoms. The van der Waals surface area contributed by atoms with Crippen LogP contribution in [0.5, 0.6) is 5.75 Å². The van der Waals surface area contributed by atoms with Crippen LogP contribution in [0.2, 0.25) is 0 Å². The molecular formula is C29H41N3O5. The van der Waals surface area contributed by atoms with Gasteiger partial charge in [-0.15, -0.1) is 0 Å². The lowest BCUT2D eigenvalue weighted by molar-refractivity contribution is -0.147. The number of nitrogens with one attached hydrogen (secondary N) is 2. The highest BCUT2D eigenvalue weighted by molar-refractivity contribution is 5.99. The largest absolute Gasteiger partial charge is 0.508 e. The number of ether oxygens (including phenoxy) is 1. The molecule has 202 valence electrons. The number of carbonyl (C=O) groups excluding carboxylic acids is 3. The third-order valence-corrected chi connectivity index (χ3v) is 5.66. The normalized spacial score (nSPS) is 13.5. The molecule has 8 heteroatoms. The summed E-state index contributed by atoms with van der Waals surface area (Å²) in [6.45, 7) is 16.2. The second kappa shape index (κ2) is 11.7. The maximum atomic E-state index is 14.2. The molecule has 2 atom stereocenters. The lowest BCUT2D eigenvalue weighted by Crippen LogP contribution is -2.59. The van der Waals surface area contributed by atoms with Crippen LogP contribution in [0.25, 0.3) is 0 Å². The van der Waals surface area contributed by atoms with E-state index in [-0.39, 0.29) is 11.7 Å². The molecule has 0 radical (unpaired) electrons. The molecule has 8 nitrogen and oxygen atoms in total. The number of anilines is 1. The smallest absolute Gasteiger partial charge is 0.408 e. The second-order valence-electron chi connectivity index (χ2n) is 11.5. The van der Waals surface area contributed by atoms with Gasteiger partial charge in [0.05, 0.1) is 0 Å². The predicted molar refractivity (Wildman–Crippen MR) is 145 cm³/mol. The molecule has 3 amide bonds. The molecule has 2 aromatic rings. The topological polar surface area (TPSA) is 108 Å². The minimum absolute atomic E-state index is 0.0280. The van der Waals surface area contributed by atoms with E-state index < -0.39 is 41.1 Å². The first-order valence-corrected chi connectivity index (χ1v) is 12.5. The van der Waals surface area contributed by atoms with E-state index in [1.165, 1.54) is 17.0 Å². The molecule has 2 aromatic carbocycles. The Bertz CT molecular complexity index is 1120. The highest BCUT2D eigenvalue weighted by Crippen LogP contribution is 2.33. The van der Waals surface area contributed by atoms with Gasteiger partial charge in [-0.1, -0.05) is 44.2 Å². The molecule has 0 heterocycles. The standard InChI is InChI=1S/C29H41N3O5/c1-18(2)23(31-27(36)37-29(7,8)9)26(35)32(28(4,5)6)24(20-14-12-15-21(33)17-20)25(34)30-22-16-11-10-13-19(22)3/h10-18,23-24,33H,1-9H3,(H,30,34)(H,31,36). The first-order valence-electron chi connectivity index (χ1n) is 12.5. The summed E-state index contributed by atoms with van der Waals surface area (Å²) in [6, 6.07) is 11.6. The maximum absolute atomic E-state index is 14.2. The van der Waals surface area contributed by atoms with E-state index in [0.29, 0.717) is 11.3 Å². The van der Waals surface area contributed by atoms with Crippen molar-refractivity contribution >= 4 is 23.6 Å². The molecular weight excluding hydrogens is 470 g/mol. The summed E-state index contributed by atoms with van der Waals surface area (Å²) in [5.41, 5.74) is 0.348. The number of alkyl carbamates (subject to hydrolysis) is 1. The van der Waals surface area contributed by atoms with Crippen molar-refractivity contribution in [1.29, 1.82) is 0 Å². The second-order valence-corrected chi connectivity index (χ2v) is 11.5. The molecule has 3 N–H and O–H groups in total. The number of phenols is 1. The molecule has 2 unspecified atom stereocenters. The van der Waals surface area contributed by atoms with Crippen molar-refractivity contribution in [3.8, 4) is 5.75 Å².